The molecule has 43 heavy (non-hydrogen) atoms. The molecule has 2 N–H and O–H groups in total. The van der Waals surface area contributed by atoms with E-state index < -0.39 is 24.3 Å². The zero-order valence-corrected chi connectivity index (χ0v) is 26.4. The van der Waals surface area contributed by atoms with Crippen molar-refractivity contribution in [2.75, 3.05) is 11.2 Å². The molecule has 0 saturated carbocycles. The van der Waals surface area contributed by atoms with E-state index in [2.05, 4.69) is 30.8 Å². The molecule has 11 heteroatoms. The highest BCUT2D eigenvalue weighted by Crippen LogP contribution is 2.53. The molecule has 1 aromatic heterocycles. The Kier molecular flexibility index (Phi) is 9.73. The summed E-state index contributed by atoms with van der Waals surface area (Å²) in [7, 11) is 0. The van der Waals surface area contributed by atoms with Crippen LogP contribution in [0.1, 0.15) is 52.3 Å². The second-order valence-electron chi connectivity index (χ2n) is 10.6. The minimum absolute atomic E-state index is 0.0204. The number of rotatable bonds is 9. The van der Waals surface area contributed by atoms with Gasteiger partial charge in [0.2, 0.25) is 0 Å². The largest absolute Gasteiger partial charge is 0.395 e. The monoisotopic (exact) mass is 691 g/mol. The molecule has 1 aliphatic rings. The van der Waals surface area contributed by atoms with Gasteiger partial charge in [0, 0.05) is 35.1 Å². The summed E-state index contributed by atoms with van der Waals surface area (Å²) < 4.78 is 43.5. The van der Waals surface area contributed by atoms with E-state index >= 15 is 0 Å². The SMILES string of the molecule is CSc1nc(Cl)c(CO)c(C[C@@]2(O)CC[C@H](C(F)(F)F)c3ccc(N(Cc4ccccc4)Cc4ccccc4)c(Br)c32)n1. The van der Waals surface area contributed by atoms with Crippen molar-refractivity contribution >= 4 is 45.0 Å². The summed E-state index contributed by atoms with van der Waals surface area (Å²) in [5.74, 6) is -1.74. The lowest BCUT2D eigenvalue weighted by molar-refractivity contribution is -0.159. The summed E-state index contributed by atoms with van der Waals surface area (Å²) in [5, 5.41) is 22.7. The molecule has 2 atom stereocenters. The maximum absolute atomic E-state index is 14.4. The van der Waals surface area contributed by atoms with E-state index in [0.717, 1.165) is 11.1 Å². The van der Waals surface area contributed by atoms with Crippen LogP contribution in [-0.2, 0) is 31.7 Å². The highest BCUT2D eigenvalue weighted by molar-refractivity contribution is 9.10. The van der Waals surface area contributed by atoms with Crippen LogP contribution in [0.25, 0.3) is 0 Å². The first-order valence-electron chi connectivity index (χ1n) is 13.7. The van der Waals surface area contributed by atoms with Gasteiger partial charge in [-0.2, -0.15) is 13.2 Å². The van der Waals surface area contributed by atoms with Gasteiger partial charge >= 0.3 is 6.18 Å². The Balaban J connectivity index is 1.66. The molecule has 0 spiro atoms. The summed E-state index contributed by atoms with van der Waals surface area (Å²) in [6.45, 7) is 0.503. The second kappa shape index (κ2) is 13.2. The third kappa shape index (κ3) is 6.88. The maximum atomic E-state index is 14.4. The molecule has 0 saturated heterocycles. The zero-order chi connectivity index (χ0) is 30.8. The number of aliphatic hydroxyl groups excluding tert-OH is 1. The molecule has 226 valence electrons. The normalized spacial score (nSPS) is 18.4. The van der Waals surface area contributed by atoms with Crippen molar-refractivity contribution in [1.82, 2.24) is 9.97 Å². The Morgan fingerprint density at radius 3 is 2.14 bits per heavy atom. The summed E-state index contributed by atoms with van der Waals surface area (Å²) >= 11 is 11.3. The smallest absolute Gasteiger partial charge is 0.391 e. The first kappa shape index (κ1) is 31.8. The van der Waals surface area contributed by atoms with Crippen molar-refractivity contribution in [3.8, 4) is 0 Å². The number of alkyl halides is 3. The van der Waals surface area contributed by atoms with Gasteiger partial charge < -0.3 is 15.1 Å². The average Bonchev–Trinajstić information content (AvgIpc) is 2.97. The number of halogens is 5. The van der Waals surface area contributed by atoms with E-state index in [4.69, 9.17) is 11.6 Å². The van der Waals surface area contributed by atoms with E-state index in [1.165, 1.54) is 17.8 Å². The number of aliphatic hydroxyl groups is 2. The number of hydrogen-bond donors (Lipinski definition) is 2. The fourth-order valence-electron chi connectivity index (χ4n) is 5.75. The van der Waals surface area contributed by atoms with Crippen LogP contribution in [0.3, 0.4) is 0 Å². The van der Waals surface area contributed by atoms with Crippen molar-refractivity contribution in [2.24, 2.45) is 0 Å². The van der Waals surface area contributed by atoms with Crippen LogP contribution >= 0.6 is 39.3 Å². The molecule has 3 aromatic carbocycles. The topological polar surface area (TPSA) is 69.5 Å². The van der Waals surface area contributed by atoms with Crippen LogP contribution in [-0.4, -0.2) is 32.6 Å². The molecule has 1 heterocycles. The molecule has 0 bridgehead atoms. The Morgan fingerprint density at radius 2 is 1.60 bits per heavy atom. The van der Waals surface area contributed by atoms with Gasteiger partial charge in [0.25, 0.3) is 0 Å². The highest BCUT2D eigenvalue weighted by atomic mass is 79.9. The van der Waals surface area contributed by atoms with Crippen LogP contribution in [0, 0.1) is 0 Å². The third-order valence-electron chi connectivity index (χ3n) is 7.83. The van der Waals surface area contributed by atoms with E-state index in [-0.39, 0.29) is 41.1 Å². The summed E-state index contributed by atoms with van der Waals surface area (Å²) in [6.07, 6.45) is -3.32. The van der Waals surface area contributed by atoms with E-state index in [0.29, 0.717) is 34.1 Å². The predicted octanol–water partition coefficient (Wildman–Crippen LogP) is 8.18. The Bertz CT molecular complexity index is 1540. The Labute approximate surface area is 266 Å². The fourth-order valence-corrected chi connectivity index (χ4v) is 7.42. The number of nitrogens with zero attached hydrogens (tertiary/aromatic N) is 3. The van der Waals surface area contributed by atoms with Crippen LogP contribution in [0.2, 0.25) is 5.15 Å². The molecule has 5 rings (SSSR count). The quantitative estimate of drug-likeness (QED) is 0.105. The number of benzene rings is 3. The number of fused-ring (bicyclic) bond motifs is 1. The standard InChI is InChI=1S/C32H30BrClF3N3O2S/c1-43-30-38-25(23(19-41)29(34)39-30)16-31(42)15-14-24(32(35,36)37)22-12-13-26(28(33)27(22)31)40(17-20-8-4-2-5-9-20)18-21-10-6-3-7-11-21/h2-13,24,41-42H,14-19H2,1H3/t24-,31-/m0/s1. The number of hydrogen-bond acceptors (Lipinski definition) is 6. The number of aromatic nitrogens is 2. The van der Waals surface area contributed by atoms with Gasteiger partial charge in [-0.15, -0.1) is 0 Å². The van der Waals surface area contributed by atoms with Crippen molar-refractivity contribution in [1.29, 1.82) is 0 Å². The molecule has 4 aromatic rings. The molecule has 1 aliphatic carbocycles. The van der Waals surface area contributed by atoms with Gasteiger partial charge in [-0.1, -0.05) is 90.1 Å². The molecule has 0 amide bonds. The van der Waals surface area contributed by atoms with Crippen molar-refractivity contribution < 1.29 is 23.4 Å². The molecular weight excluding hydrogens is 663 g/mol. The summed E-state index contributed by atoms with van der Waals surface area (Å²) in [6, 6.07) is 22.8. The highest BCUT2D eigenvalue weighted by Gasteiger charge is 2.50. The lowest BCUT2D eigenvalue weighted by Gasteiger charge is -2.41. The maximum Gasteiger partial charge on any atom is 0.395 e. The Morgan fingerprint density at radius 1 is 1.00 bits per heavy atom. The van der Waals surface area contributed by atoms with E-state index in [9.17, 15) is 23.4 Å². The molecule has 0 radical (unpaired) electrons. The summed E-state index contributed by atoms with van der Waals surface area (Å²) in [5.41, 5.74) is 1.72. The minimum Gasteiger partial charge on any atom is -0.391 e. The number of anilines is 1. The van der Waals surface area contributed by atoms with Crippen molar-refractivity contribution in [3.05, 3.63) is 116 Å². The van der Waals surface area contributed by atoms with Gasteiger partial charge in [0.15, 0.2) is 5.16 Å². The van der Waals surface area contributed by atoms with Gasteiger partial charge in [-0.05, 0) is 57.8 Å². The average molecular weight is 693 g/mol. The number of thioether (sulfide) groups is 1. The van der Waals surface area contributed by atoms with Crippen LogP contribution < -0.4 is 4.90 Å². The first-order valence-corrected chi connectivity index (χ1v) is 16.1. The third-order valence-corrected chi connectivity index (χ3v) is 9.49. The lowest BCUT2D eigenvalue weighted by atomic mass is 9.71. The van der Waals surface area contributed by atoms with Crippen LogP contribution in [0.5, 0.6) is 0 Å². The van der Waals surface area contributed by atoms with Gasteiger partial charge in [0.05, 0.1) is 29.5 Å². The Hall–Kier alpha value is -2.63. The minimum atomic E-state index is -4.49. The van der Waals surface area contributed by atoms with Crippen LogP contribution in [0.15, 0.2) is 82.4 Å². The first-order chi connectivity index (χ1) is 20.5. The van der Waals surface area contributed by atoms with E-state index in [1.807, 2.05) is 60.7 Å². The van der Waals surface area contributed by atoms with Gasteiger partial charge in [-0.3, -0.25) is 0 Å². The molecule has 0 unspecified atom stereocenters. The van der Waals surface area contributed by atoms with Crippen molar-refractivity contribution in [2.45, 2.75) is 61.8 Å². The van der Waals surface area contributed by atoms with Gasteiger partial charge in [-0.25, -0.2) is 9.97 Å². The molecule has 5 nitrogen and oxygen atoms in total. The predicted molar refractivity (Wildman–Crippen MR) is 167 cm³/mol. The lowest BCUT2D eigenvalue weighted by Crippen LogP contribution is -2.39. The summed E-state index contributed by atoms with van der Waals surface area (Å²) in [4.78, 5) is 10.8. The second-order valence-corrected chi connectivity index (χ2v) is 12.5. The van der Waals surface area contributed by atoms with Gasteiger partial charge in [0.1, 0.15) is 5.15 Å². The molecule has 0 fully saturated rings. The fraction of sp³-hybridized carbons (Fsp3) is 0.312. The molecular formula is C32H30BrClF3N3O2S. The zero-order valence-electron chi connectivity index (χ0n) is 23.3. The van der Waals surface area contributed by atoms with Crippen molar-refractivity contribution in [3.63, 3.8) is 0 Å². The van der Waals surface area contributed by atoms with E-state index in [1.54, 1.807) is 12.3 Å². The van der Waals surface area contributed by atoms with Crippen LogP contribution in [0.4, 0.5) is 18.9 Å². The molecule has 0 aliphatic heterocycles.